The summed E-state index contributed by atoms with van der Waals surface area (Å²) in [5, 5.41) is 8.20. The van der Waals surface area contributed by atoms with Gasteiger partial charge in [0.05, 0.1) is 6.54 Å². The third-order valence-corrected chi connectivity index (χ3v) is 6.16. The molecule has 2 aromatic heterocycles. The number of para-hydroxylation sites is 1. The number of carbonyl (C=O) groups is 1. The minimum absolute atomic E-state index is 0.00641. The number of nitrogens with one attached hydrogen (secondary N) is 1. The average Bonchev–Trinajstić information content (AvgIpc) is 3.44. The molecule has 35 heavy (non-hydrogen) atoms. The lowest BCUT2D eigenvalue weighted by Gasteiger charge is -2.18. The van der Waals surface area contributed by atoms with Crippen LogP contribution in [0.4, 0.5) is 26.1 Å². The van der Waals surface area contributed by atoms with Crippen molar-refractivity contribution in [1.29, 1.82) is 0 Å². The molecule has 5 N–H and O–H groups in total. The van der Waals surface area contributed by atoms with E-state index in [0.717, 1.165) is 6.42 Å². The molecule has 4 aromatic rings. The van der Waals surface area contributed by atoms with Gasteiger partial charge in [0.15, 0.2) is 17.5 Å². The quantitative estimate of drug-likeness (QED) is 0.402. The first-order valence-electron chi connectivity index (χ1n) is 11.2. The van der Waals surface area contributed by atoms with Gasteiger partial charge in [0.25, 0.3) is 0 Å². The zero-order valence-corrected chi connectivity index (χ0v) is 19.0. The molecule has 1 aliphatic heterocycles. The highest BCUT2D eigenvalue weighted by Crippen LogP contribution is 2.32. The third kappa shape index (κ3) is 4.20. The largest absolute Gasteiger partial charge is 0.382 e. The molecule has 1 saturated heterocycles. The van der Waals surface area contributed by atoms with Crippen molar-refractivity contribution in [3.63, 3.8) is 0 Å². The maximum absolute atomic E-state index is 14.8. The number of rotatable bonds is 5. The van der Waals surface area contributed by atoms with E-state index >= 15 is 0 Å². The minimum Gasteiger partial charge on any atom is -0.382 e. The molecule has 1 unspecified atom stereocenters. The van der Waals surface area contributed by atoms with Gasteiger partial charge in [-0.1, -0.05) is 30.3 Å². The fourth-order valence-corrected chi connectivity index (χ4v) is 4.38. The second-order valence-corrected chi connectivity index (χ2v) is 8.52. The predicted octanol–water partition coefficient (Wildman–Crippen LogP) is 3.02. The van der Waals surface area contributed by atoms with Gasteiger partial charge in [-0.25, -0.2) is 18.7 Å². The summed E-state index contributed by atoms with van der Waals surface area (Å²) in [6.45, 7) is 2.72. The second-order valence-electron chi connectivity index (χ2n) is 8.52. The Labute approximate surface area is 199 Å². The fourth-order valence-electron chi connectivity index (χ4n) is 4.38. The van der Waals surface area contributed by atoms with Crippen LogP contribution < -0.4 is 16.8 Å². The average molecular weight is 479 g/mol. The Bertz CT molecular complexity index is 1410. The number of likely N-dealkylation sites (tertiary alicyclic amines) is 1. The number of nitrogen functional groups attached to an aromatic ring is 2. The summed E-state index contributed by atoms with van der Waals surface area (Å²) in [6, 6.07) is 10.8. The molecule has 0 aliphatic carbocycles. The molecular formula is C24H24F2N8O. The Hall–Kier alpha value is -4.28. The maximum Gasteiger partial charge on any atom is 0.219 e. The number of benzene rings is 2. The summed E-state index contributed by atoms with van der Waals surface area (Å²) in [5.41, 5.74) is 13.7. The van der Waals surface area contributed by atoms with E-state index in [4.69, 9.17) is 11.5 Å². The second kappa shape index (κ2) is 8.82. The summed E-state index contributed by atoms with van der Waals surface area (Å²) in [7, 11) is 0. The molecule has 2 aromatic carbocycles. The highest BCUT2D eigenvalue weighted by atomic mass is 19.1. The third-order valence-electron chi connectivity index (χ3n) is 6.16. The molecule has 0 spiro atoms. The zero-order chi connectivity index (χ0) is 24.7. The maximum atomic E-state index is 14.8. The molecule has 5 rings (SSSR count). The molecule has 1 amide bonds. The predicted molar refractivity (Wildman–Crippen MR) is 129 cm³/mol. The summed E-state index contributed by atoms with van der Waals surface area (Å²) in [5.74, 6) is -0.557. The monoisotopic (exact) mass is 478 g/mol. The van der Waals surface area contributed by atoms with Gasteiger partial charge in [-0.05, 0) is 18.6 Å². The van der Waals surface area contributed by atoms with Gasteiger partial charge < -0.3 is 21.7 Å². The number of nitrogens with zero attached hydrogens (tertiary/aromatic N) is 5. The summed E-state index contributed by atoms with van der Waals surface area (Å²) < 4.78 is 30.5. The SMILES string of the molecule is CC(=O)N1CCC(Nc2c(N)nc(-c3nn(Cc4ccccc4F)c4c(F)cccc34)nc2N)C1. The number of hydrogen-bond donors (Lipinski definition) is 3. The van der Waals surface area contributed by atoms with E-state index < -0.39 is 11.6 Å². The molecule has 0 radical (unpaired) electrons. The van der Waals surface area contributed by atoms with Gasteiger partial charge in [-0.2, -0.15) is 5.10 Å². The van der Waals surface area contributed by atoms with Gasteiger partial charge in [-0.3, -0.25) is 9.48 Å². The molecule has 0 saturated carbocycles. The minimum atomic E-state index is -0.506. The van der Waals surface area contributed by atoms with Crippen molar-refractivity contribution in [3.05, 3.63) is 59.7 Å². The lowest BCUT2D eigenvalue weighted by atomic mass is 10.1. The molecule has 9 nitrogen and oxygen atoms in total. The summed E-state index contributed by atoms with van der Waals surface area (Å²) in [4.78, 5) is 22.1. The lowest BCUT2D eigenvalue weighted by Crippen LogP contribution is -2.30. The Balaban J connectivity index is 1.51. The van der Waals surface area contributed by atoms with E-state index in [-0.39, 0.29) is 47.2 Å². The van der Waals surface area contributed by atoms with E-state index in [2.05, 4.69) is 20.4 Å². The van der Waals surface area contributed by atoms with Crippen LogP contribution in [0.25, 0.3) is 22.4 Å². The standard InChI is InChI=1S/C24H24F2N8O/c1-13(35)33-10-9-15(12-33)29-20-22(27)30-24(31-23(20)28)19-16-6-4-8-18(26)21(16)34(32-19)11-14-5-2-3-7-17(14)25/h2-8,15,29H,9-12H2,1H3,(H4,27,28,30,31). The van der Waals surface area contributed by atoms with Crippen molar-refractivity contribution in [2.45, 2.75) is 25.9 Å². The van der Waals surface area contributed by atoms with Crippen molar-refractivity contribution in [3.8, 4) is 11.5 Å². The van der Waals surface area contributed by atoms with Crippen molar-refractivity contribution >= 4 is 34.1 Å². The summed E-state index contributed by atoms with van der Waals surface area (Å²) >= 11 is 0. The smallest absolute Gasteiger partial charge is 0.219 e. The molecule has 180 valence electrons. The van der Waals surface area contributed by atoms with Gasteiger partial charge >= 0.3 is 0 Å². The first kappa shape index (κ1) is 22.5. The van der Waals surface area contributed by atoms with Crippen LogP contribution in [0.5, 0.6) is 0 Å². The number of anilines is 3. The van der Waals surface area contributed by atoms with Gasteiger partial charge in [0.2, 0.25) is 5.91 Å². The van der Waals surface area contributed by atoms with Gasteiger partial charge in [0, 0.05) is 37.0 Å². The Morgan fingerprint density at radius 1 is 1.09 bits per heavy atom. The van der Waals surface area contributed by atoms with Gasteiger partial charge in [0.1, 0.15) is 28.5 Å². The Morgan fingerprint density at radius 2 is 1.80 bits per heavy atom. The van der Waals surface area contributed by atoms with E-state index in [1.54, 1.807) is 35.2 Å². The number of halogens is 2. The highest BCUT2D eigenvalue weighted by Gasteiger charge is 2.26. The first-order valence-corrected chi connectivity index (χ1v) is 11.2. The summed E-state index contributed by atoms with van der Waals surface area (Å²) in [6.07, 6.45) is 0.741. The number of hydrogen-bond acceptors (Lipinski definition) is 7. The topological polar surface area (TPSA) is 128 Å². The van der Waals surface area contributed by atoms with E-state index in [9.17, 15) is 13.6 Å². The molecule has 1 atom stereocenters. The van der Waals surface area contributed by atoms with Gasteiger partial charge in [-0.15, -0.1) is 0 Å². The Kier molecular flexibility index (Phi) is 5.67. The number of fused-ring (bicyclic) bond motifs is 1. The number of carbonyl (C=O) groups excluding carboxylic acids is 1. The van der Waals surface area contributed by atoms with E-state index in [1.807, 2.05) is 0 Å². The van der Waals surface area contributed by atoms with Crippen molar-refractivity contribution in [2.24, 2.45) is 0 Å². The number of nitrogens with two attached hydrogens (primary N) is 2. The number of amides is 1. The fraction of sp³-hybridized carbons (Fsp3) is 0.250. The van der Waals surface area contributed by atoms with Crippen LogP contribution in [0.1, 0.15) is 18.9 Å². The van der Waals surface area contributed by atoms with Crippen molar-refractivity contribution in [1.82, 2.24) is 24.6 Å². The van der Waals surface area contributed by atoms with Crippen LogP contribution in [0.2, 0.25) is 0 Å². The van der Waals surface area contributed by atoms with Crippen LogP contribution in [-0.2, 0) is 11.3 Å². The Morgan fingerprint density at radius 3 is 2.49 bits per heavy atom. The molecule has 1 aliphatic rings. The highest BCUT2D eigenvalue weighted by molar-refractivity contribution is 5.93. The van der Waals surface area contributed by atoms with E-state index in [1.165, 1.54) is 23.7 Å². The van der Waals surface area contributed by atoms with Crippen LogP contribution in [0, 0.1) is 11.6 Å². The molecule has 1 fully saturated rings. The van der Waals surface area contributed by atoms with Crippen LogP contribution in [0.3, 0.4) is 0 Å². The normalized spacial score (nSPS) is 15.6. The first-order chi connectivity index (χ1) is 16.8. The van der Waals surface area contributed by atoms with Crippen molar-refractivity contribution < 1.29 is 13.6 Å². The molecule has 3 heterocycles. The molecular weight excluding hydrogens is 454 g/mol. The van der Waals surface area contributed by atoms with Crippen LogP contribution in [-0.4, -0.2) is 49.7 Å². The lowest BCUT2D eigenvalue weighted by molar-refractivity contribution is -0.127. The van der Waals surface area contributed by atoms with Crippen LogP contribution in [0.15, 0.2) is 42.5 Å². The molecule has 11 heteroatoms. The number of aromatic nitrogens is 4. The molecule has 0 bridgehead atoms. The van der Waals surface area contributed by atoms with Crippen LogP contribution >= 0.6 is 0 Å². The zero-order valence-electron chi connectivity index (χ0n) is 19.0. The van der Waals surface area contributed by atoms with E-state index in [0.29, 0.717) is 29.7 Å². The van der Waals surface area contributed by atoms with Crippen molar-refractivity contribution in [2.75, 3.05) is 29.9 Å².